The average molecular weight is 542 g/mol. The molecule has 0 N–H and O–H groups in total. The van der Waals surface area contributed by atoms with Gasteiger partial charge < -0.3 is 27.7 Å². The molecule has 0 amide bonds. The molecule has 18 heavy (non-hydrogen) atoms. The Morgan fingerprint density at radius 3 is 0.611 bits per heavy atom. The Kier molecular flexibility index (Phi) is 156. The Morgan fingerprint density at radius 1 is 0.611 bits per heavy atom. The van der Waals surface area contributed by atoms with Crippen LogP contribution >= 0.6 is 0 Å². The molecule has 0 aromatic carbocycles. The first-order valence-electron chi connectivity index (χ1n) is 5.54. The van der Waals surface area contributed by atoms with Crippen molar-refractivity contribution in [1.82, 2.24) is 0 Å². The van der Waals surface area contributed by atoms with Crippen molar-refractivity contribution in [3.05, 3.63) is 27.7 Å². The van der Waals surface area contributed by atoms with Crippen molar-refractivity contribution in [2.75, 3.05) is 0 Å². The molecule has 0 radical (unpaired) electrons. The zero-order chi connectivity index (χ0) is 12.6. The van der Waals surface area contributed by atoms with Crippen molar-refractivity contribution in [1.29, 1.82) is 0 Å². The molecule has 0 aromatic heterocycles. The average Bonchev–Trinajstić information content (AvgIpc) is 1.85. The van der Waals surface area contributed by atoms with Gasteiger partial charge in [0.1, 0.15) is 0 Å². The summed E-state index contributed by atoms with van der Waals surface area (Å²) in [5, 5.41) is 0. The second-order valence-electron chi connectivity index (χ2n) is 3.79. The van der Waals surface area contributed by atoms with E-state index >= 15 is 0 Å². The molecular formula is C14H32Rb4. The van der Waals surface area contributed by atoms with Crippen molar-refractivity contribution < 1.29 is 233 Å². The molecular weight excluding hydrogens is 510 g/mol. The number of hydrogen-bond acceptors (Lipinski definition) is 0. The Balaban J connectivity index is -0.0000000116. The van der Waals surface area contributed by atoms with Crippen LogP contribution in [0.25, 0.3) is 0 Å². The van der Waals surface area contributed by atoms with Crippen LogP contribution in [0.2, 0.25) is 0 Å². The molecule has 0 saturated carbocycles. The minimum atomic E-state index is 0. The van der Waals surface area contributed by atoms with E-state index in [9.17, 15) is 0 Å². The monoisotopic (exact) mass is 540 g/mol. The maximum Gasteiger partial charge on any atom is 1.00 e. The van der Waals surface area contributed by atoms with Crippen molar-refractivity contribution in [2.45, 2.75) is 54.4 Å². The van der Waals surface area contributed by atoms with Crippen molar-refractivity contribution in [2.24, 2.45) is 11.8 Å². The van der Waals surface area contributed by atoms with Crippen LogP contribution in [0.3, 0.4) is 0 Å². The molecule has 0 aliphatic rings. The van der Waals surface area contributed by atoms with Crippen LogP contribution in [0.5, 0.6) is 0 Å². The van der Waals surface area contributed by atoms with E-state index in [0.717, 1.165) is 12.8 Å². The first-order valence-corrected chi connectivity index (χ1v) is 5.54. The molecule has 0 unspecified atom stereocenters. The fourth-order valence-corrected chi connectivity index (χ4v) is 0. The van der Waals surface area contributed by atoms with Crippen LogP contribution in [0, 0.1) is 39.5 Å². The largest absolute Gasteiger partial charge is 1.00 e. The topological polar surface area (TPSA) is 0 Å². The van der Waals surface area contributed by atoms with Crippen LogP contribution < -0.4 is 233 Å². The van der Waals surface area contributed by atoms with Crippen molar-refractivity contribution >= 4 is 0 Å². The van der Waals surface area contributed by atoms with Gasteiger partial charge in [-0.2, -0.15) is 24.7 Å². The number of hydrogen-bond donors (Lipinski definition) is 0. The van der Waals surface area contributed by atoms with Crippen LogP contribution in [0.4, 0.5) is 0 Å². The molecule has 0 rings (SSSR count). The van der Waals surface area contributed by atoms with E-state index in [1.54, 1.807) is 0 Å². The van der Waals surface area contributed by atoms with Gasteiger partial charge in [0.25, 0.3) is 0 Å². The van der Waals surface area contributed by atoms with Gasteiger partial charge in [-0.15, -0.1) is 0 Å². The molecule has 0 atom stereocenters. The third-order valence-corrected chi connectivity index (χ3v) is 0. The molecule has 0 nitrogen and oxygen atoms in total. The minimum Gasteiger partial charge on any atom is -0.344 e. The Morgan fingerprint density at radius 2 is 0.611 bits per heavy atom. The van der Waals surface area contributed by atoms with E-state index in [4.69, 9.17) is 0 Å². The second kappa shape index (κ2) is 56.4. The molecule has 0 fully saturated rings. The van der Waals surface area contributed by atoms with Crippen LogP contribution in [-0.4, -0.2) is 0 Å². The molecule has 0 saturated heterocycles. The van der Waals surface area contributed by atoms with Crippen LogP contribution in [0.15, 0.2) is 0 Å². The SMILES string of the molecule is [CH2-]C(C)C.[CH2-]C(C)C.[CH2-]CC.[CH2-]CC.[Rb+].[Rb+].[Rb+].[Rb+]. The van der Waals surface area contributed by atoms with Crippen LogP contribution in [0.1, 0.15) is 54.4 Å². The van der Waals surface area contributed by atoms with Gasteiger partial charge in [-0.05, 0) is 0 Å². The molecule has 0 spiro atoms. The summed E-state index contributed by atoms with van der Waals surface area (Å²) in [6.45, 7) is 26.5. The summed E-state index contributed by atoms with van der Waals surface area (Å²) in [5.41, 5.74) is 0. The minimum absolute atomic E-state index is 0. The molecule has 0 heterocycles. The predicted octanol–water partition coefficient (Wildman–Crippen LogP) is -6.57. The maximum absolute atomic E-state index is 3.64. The summed E-state index contributed by atoms with van der Waals surface area (Å²) < 4.78 is 0. The van der Waals surface area contributed by atoms with Gasteiger partial charge in [0.2, 0.25) is 0 Å². The summed E-state index contributed by atoms with van der Waals surface area (Å²) in [7, 11) is 0. The smallest absolute Gasteiger partial charge is 0.344 e. The van der Waals surface area contributed by atoms with Gasteiger partial charge in [0.15, 0.2) is 0 Å². The first-order chi connectivity index (χ1) is 6.29. The second-order valence-corrected chi connectivity index (χ2v) is 3.79. The van der Waals surface area contributed by atoms with Crippen LogP contribution in [-0.2, 0) is 0 Å². The van der Waals surface area contributed by atoms with E-state index in [1.165, 1.54) is 0 Å². The van der Waals surface area contributed by atoms with E-state index in [2.05, 4.69) is 55.4 Å². The Hall–Kier alpha value is 7.22. The van der Waals surface area contributed by atoms with Gasteiger partial charge >= 0.3 is 233 Å². The summed E-state index contributed by atoms with van der Waals surface area (Å²) >= 11 is 0. The first kappa shape index (κ1) is 49.9. The predicted molar refractivity (Wildman–Crippen MR) is 71.7 cm³/mol. The summed E-state index contributed by atoms with van der Waals surface area (Å²) in [6, 6.07) is 0. The third kappa shape index (κ3) is 220. The molecule has 92 valence electrons. The number of rotatable bonds is 0. The quantitative estimate of drug-likeness (QED) is 0.268. The van der Waals surface area contributed by atoms with Crippen molar-refractivity contribution in [3.8, 4) is 0 Å². The van der Waals surface area contributed by atoms with E-state index in [0.29, 0.717) is 11.8 Å². The van der Waals surface area contributed by atoms with Gasteiger partial charge in [0, 0.05) is 0 Å². The summed E-state index contributed by atoms with van der Waals surface area (Å²) in [4.78, 5) is 0. The van der Waals surface area contributed by atoms with Gasteiger partial charge in [-0.3, -0.25) is 0 Å². The zero-order valence-electron chi connectivity index (χ0n) is 15.4. The summed E-state index contributed by atoms with van der Waals surface area (Å²) in [5.74, 6) is 1.17. The molecule has 0 aliphatic carbocycles. The molecule has 4 heteroatoms. The fraction of sp³-hybridized carbons (Fsp3) is 0.714. The zero-order valence-corrected chi connectivity index (χ0v) is 35.1. The fourth-order valence-electron chi connectivity index (χ4n) is 0. The molecule has 0 aliphatic heterocycles. The van der Waals surface area contributed by atoms with E-state index in [1.807, 2.05) is 13.8 Å². The normalized spacial score (nSPS) is 6.00. The Bertz CT molecular complexity index is 44.2. The van der Waals surface area contributed by atoms with Gasteiger partial charge in [-0.25, -0.2) is 0 Å². The Labute approximate surface area is 316 Å². The van der Waals surface area contributed by atoms with E-state index < -0.39 is 0 Å². The van der Waals surface area contributed by atoms with E-state index in [-0.39, 0.29) is 233 Å². The third-order valence-electron chi connectivity index (χ3n) is 0. The van der Waals surface area contributed by atoms with Gasteiger partial charge in [-0.1, -0.05) is 41.5 Å². The maximum atomic E-state index is 3.64. The molecule has 0 bridgehead atoms. The summed E-state index contributed by atoms with van der Waals surface area (Å²) in [6.07, 6.45) is 2.00. The molecule has 0 aromatic rings. The standard InChI is InChI=1S/2C4H9.2C3H7.4Rb/c2*1-4(2)3;2*1-3-2;;;;/h2*4H,1H2,2-3H3;2*1,3H2,2H3;;;;/q4*-1;4*+1. The van der Waals surface area contributed by atoms with Gasteiger partial charge in [0.05, 0.1) is 0 Å². The van der Waals surface area contributed by atoms with Crippen molar-refractivity contribution in [3.63, 3.8) is 0 Å².